The lowest BCUT2D eigenvalue weighted by atomic mass is 10.00. The molecular weight excluding hydrogens is 263 g/mol. The summed E-state index contributed by atoms with van der Waals surface area (Å²) in [6, 6.07) is 0. The summed E-state index contributed by atoms with van der Waals surface area (Å²) in [5.74, 6) is 0. The summed E-state index contributed by atoms with van der Waals surface area (Å²) in [4.78, 5) is 21.6. The average molecular weight is 278 g/mol. The second kappa shape index (κ2) is 6.71. The SMILES string of the molecule is O=P(O)(O)O.OC[C@H]1O[C@@H](O)[C@@H](O)[C@@H](O)[C@@H]1O. The van der Waals surface area contributed by atoms with Crippen molar-refractivity contribution in [2.45, 2.75) is 30.7 Å². The van der Waals surface area contributed by atoms with Gasteiger partial charge < -0.3 is 44.9 Å². The zero-order chi connectivity index (χ0) is 13.8. The average Bonchev–Trinajstić information content (AvgIpc) is 2.18. The Morgan fingerprint density at radius 3 is 1.71 bits per heavy atom. The van der Waals surface area contributed by atoms with Crippen molar-refractivity contribution in [1.29, 1.82) is 0 Å². The maximum absolute atomic E-state index is 9.12. The molecule has 0 unspecified atom stereocenters. The maximum atomic E-state index is 9.12. The molecule has 1 rings (SSSR count). The third-order valence-corrected chi connectivity index (χ3v) is 1.87. The molecule has 0 saturated carbocycles. The molecule has 10 nitrogen and oxygen atoms in total. The number of hydrogen-bond acceptors (Lipinski definition) is 7. The van der Waals surface area contributed by atoms with Crippen LogP contribution in [-0.2, 0) is 9.30 Å². The molecular formula is C6H15O10P. The van der Waals surface area contributed by atoms with Crippen molar-refractivity contribution >= 4 is 7.82 Å². The van der Waals surface area contributed by atoms with Crippen LogP contribution in [0.5, 0.6) is 0 Å². The quantitative estimate of drug-likeness (QED) is 0.218. The van der Waals surface area contributed by atoms with Gasteiger partial charge in [0.2, 0.25) is 0 Å². The fraction of sp³-hybridized carbons (Fsp3) is 1.00. The van der Waals surface area contributed by atoms with E-state index in [2.05, 4.69) is 4.74 Å². The summed E-state index contributed by atoms with van der Waals surface area (Å²) < 4.78 is 13.5. The van der Waals surface area contributed by atoms with Crippen molar-refractivity contribution in [3.8, 4) is 0 Å². The monoisotopic (exact) mass is 278 g/mol. The van der Waals surface area contributed by atoms with Crippen molar-refractivity contribution in [3.63, 3.8) is 0 Å². The van der Waals surface area contributed by atoms with E-state index in [0.29, 0.717) is 0 Å². The zero-order valence-electron chi connectivity index (χ0n) is 8.44. The minimum Gasteiger partial charge on any atom is -0.394 e. The second-order valence-electron chi connectivity index (χ2n) is 3.23. The lowest BCUT2D eigenvalue weighted by Crippen LogP contribution is -2.58. The molecule has 11 heteroatoms. The van der Waals surface area contributed by atoms with Crippen LogP contribution in [0, 0.1) is 0 Å². The summed E-state index contributed by atoms with van der Waals surface area (Å²) in [6.07, 6.45) is -7.04. The second-order valence-corrected chi connectivity index (χ2v) is 4.26. The van der Waals surface area contributed by atoms with Gasteiger partial charge in [-0.2, -0.15) is 0 Å². The molecule has 17 heavy (non-hydrogen) atoms. The number of hydrogen-bond donors (Lipinski definition) is 8. The molecule has 0 aromatic rings. The van der Waals surface area contributed by atoms with Gasteiger partial charge in [0.25, 0.3) is 0 Å². The minimum atomic E-state index is -4.64. The van der Waals surface area contributed by atoms with Crippen molar-refractivity contribution in [1.82, 2.24) is 0 Å². The summed E-state index contributed by atoms with van der Waals surface area (Å²) in [5, 5.41) is 44.7. The van der Waals surface area contributed by atoms with E-state index in [-0.39, 0.29) is 0 Å². The molecule has 1 heterocycles. The van der Waals surface area contributed by atoms with E-state index in [9.17, 15) is 0 Å². The first-order chi connectivity index (χ1) is 7.57. The Morgan fingerprint density at radius 2 is 1.35 bits per heavy atom. The number of aliphatic hydroxyl groups excluding tert-OH is 5. The van der Waals surface area contributed by atoms with Gasteiger partial charge in [0.1, 0.15) is 24.4 Å². The predicted molar refractivity (Wildman–Crippen MR) is 50.2 cm³/mol. The topological polar surface area (TPSA) is 188 Å². The van der Waals surface area contributed by atoms with Gasteiger partial charge in [0.05, 0.1) is 6.61 Å². The van der Waals surface area contributed by atoms with Gasteiger partial charge in [-0.3, -0.25) is 0 Å². The molecule has 0 amide bonds. The van der Waals surface area contributed by atoms with Gasteiger partial charge in [-0.25, -0.2) is 4.57 Å². The molecule has 5 atom stereocenters. The van der Waals surface area contributed by atoms with Crippen LogP contribution in [0.2, 0.25) is 0 Å². The molecule has 0 aromatic heterocycles. The first-order valence-electron chi connectivity index (χ1n) is 4.34. The number of rotatable bonds is 1. The number of ether oxygens (including phenoxy) is 1. The largest absolute Gasteiger partial charge is 0.466 e. The van der Waals surface area contributed by atoms with Gasteiger partial charge in [-0.15, -0.1) is 0 Å². The van der Waals surface area contributed by atoms with E-state index in [1.54, 1.807) is 0 Å². The summed E-state index contributed by atoms with van der Waals surface area (Å²) in [6.45, 7) is -0.526. The Bertz CT molecular complexity index is 253. The van der Waals surface area contributed by atoms with Crippen LogP contribution in [0.25, 0.3) is 0 Å². The van der Waals surface area contributed by atoms with Crippen LogP contribution in [0.1, 0.15) is 0 Å². The van der Waals surface area contributed by atoms with Gasteiger partial charge >= 0.3 is 7.82 Å². The standard InChI is InChI=1S/C6H12O6.H3O4P/c7-1-2-3(8)4(9)5(10)6(11)12-2;1-5(2,3)4/h2-11H,1H2;(H3,1,2,3,4)/t2-,3-,4+,5+,6-;/m1./s1. The summed E-state index contributed by atoms with van der Waals surface area (Å²) in [7, 11) is -4.64. The van der Waals surface area contributed by atoms with E-state index < -0.39 is 45.1 Å². The molecule has 1 aliphatic rings. The molecule has 1 fully saturated rings. The van der Waals surface area contributed by atoms with E-state index in [4.69, 9.17) is 44.8 Å². The Morgan fingerprint density at radius 1 is 0.941 bits per heavy atom. The summed E-state index contributed by atoms with van der Waals surface area (Å²) >= 11 is 0. The van der Waals surface area contributed by atoms with Crippen LogP contribution in [-0.4, -0.2) is 77.5 Å². The van der Waals surface area contributed by atoms with E-state index in [1.807, 2.05) is 0 Å². The lowest BCUT2D eigenvalue weighted by molar-refractivity contribution is -0.286. The smallest absolute Gasteiger partial charge is 0.394 e. The Hall–Kier alpha value is -0.130. The number of phosphoric acid groups is 1. The van der Waals surface area contributed by atoms with Gasteiger partial charge in [0, 0.05) is 0 Å². The van der Waals surface area contributed by atoms with Crippen LogP contribution in [0.3, 0.4) is 0 Å². The van der Waals surface area contributed by atoms with Crippen molar-refractivity contribution < 1.29 is 49.5 Å². The van der Waals surface area contributed by atoms with Crippen molar-refractivity contribution in [2.75, 3.05) is 6.61 Å². The van der Waals surface area contributed by atoms with Crippen molar-refractivity contribution in [2.24, 2.45) is 0 Å². The first-order valence-corrected chi connectivity index (χ1v) is 5.91. The fourth-order valence-electron chi connectivity index (χ4n) is 1.08. The first kappa shape index (κ1) is 16.9. The third kappa shape index (κ3) is 6.38. The summed E-state index contributed by atoms with van der Waals surface area (Å²) in [5.41, 5.74) is 0. The molecule has 1 saturated heterocycles. The lowest BCUT2D eigenvalue weighted by Gasteiger charge is -2.37. The maximum Gasteiger partial charge on any atom is 0.466 e. The normalized spacial score (nSPS) is 38.2. The molecule has 104 valence electrons. The van der Waals surface area contributed by atoms with Crippen LogP contribution >= 0.6 is 7.82 Å². The highest BCUT2D eigenvalue weighted by molar-refractivity contribution is 7.45. The molecule has 0 aliphatic carbocycles. The Labute approximate surface area is 95.6 Å². The predicted octanol–water partition coefficient (Wildman–Crippen LogP) is -4.15. The molecule has 0 spiro atoms. The van der Waals surface area contributed by atoms with E-state index in [1.165, 1.54) is 0 Å². The van der Waals surface area contributed by atoms with Crippen LogP contribution in [0.4, 0.5) is 0 Å². The minimum absolute atomic E-state index is 0.526. The van der Waals surface area contributed by atoms with E-state index in [0.717, 1.165) is 0 Å². The van der Waals surface area contributed by atoms with Gasteiger partial charge in [-0.05, 0) is 0 Å². The zero-order valence-corrected chi connectivity index (χ0v) is 9.33. The number of aliphatic hydroxyl groups is 5. The third-order valence-electron chi connectivity index (χ3n) is 1.87. The highest BCUT2D eigenvalue weighted by Gasteiger charge is 2.42. The highest BCUT2D eigenvalue weighted by Crippen LogP contribution is 2.25. The van der Waals surface area contributed by atoms with Gasteiger partial charge in [0.15, 0.2) is 6.29 Å². The van der Waals surface area contributed by atoms with Crippen LogP contribution in [0.15, 0.2) is 0 Å². The highest BCUT2D eigenvalue weighted by atomic mass is 31.2. The fourth-order valence-corrected chi connectivity index (χ4v) is 1.08. The molecule has 8 N–H and O–H groups in total. The molecule has 1 aliphatic heterocycles. The molecule has 0 radical (unpaired) electrons. The Balaban J connectivity index is 0.000000437. The molecule has 0 aromatic carbocycles. The van der Waals surface area contributed by atoms with Gasteiger partial charge in [-0.1, -0.05) is 0 Å². The Kier molecular flexibility index (Phi) is 6.66. The molecule has 0 bridgehead atoms. The van der Waals surface area contributed by atoms with Crippen molar-refractivity contribution in [3.05, 3.63) is 0 Å². The van der Waals surface area contributed by atoms with Crippen LogP contribution < -0.4 is 0 Å². The van der Waals surface area contributed by atoms with E-state index >= 15 is 0 Å².